The van der Waals surface area contributed by atoms with E-state index in [0.717, 1.165) is 41.4 Å². The SMILES string of the molecule is O=C(Cn1cnc2nc3c(cc2c1=O)CCCC3)Nc1ccccc1Br. The highest BCUT2D eigenvalue weighted by molar-refractivity contribution is 9.10. The fourth-order valence-electron chi connectivity index (χ4n) is 3.23. The van der Waals surface area contributed by atoms with Gasteiger partial charge in [0.1, 0.15) is 12.9 Å². The van der Waals surface area contributed by atoms with Crippen molar-refractivity contribution < 1.29 is 4.79 Å². The number of rotatable bonds is 3. The molecule has 1 N–H and O–H groups in total. The predicted octanol–water partition coefficient (Wildman–Crippen LogP) is 3.07. The molecule has 0 atom stereocenters. The maximum Gasteiger partial charge on any atom is 0.263 e. The number of pyridine rings is 1. The van der Waals surface area contributed by atoms with Crippen LogP contribution in [-0.4, -0.2) is 20.4 Å². The Labute approximate surface area is 158 Å². The highest BCUT2D eigenvalue weighted by atomic mass is 79.9. The lowest BCUT2D eigenvalue weighted by molar-refractivity contribution is -0.116. The van der Waals surface area contributed by atoms with E-state index in [0.29, 0.717) is 16.7 Å². The quantitative estimate of drug-likeness (QED) is 0.716. The summed E-state index contributed by atoms with van der Waals surface area (Å²) in [6, 6.07) is 9.23. The number of nitrogens with zero attached hydrogens (tertiary/aromatic N) is 3. The van der Waals surface area contributed by atoms with Gasteiger partial charge in [-0.15, -0.1) is 0 Å². The molecule has 0 unspecified atom stereocenters. The smallest absolute Gasteiger partial charge is 0.263 e. The number of nitrogens with one attached hydrogen (secondary N) is 1. The van der Waals surface area contributed by atoms with E-state index in [-0.39, 0.29) is 18.0 Å². The van der Waals surface area contributed by atoms with Crippen molar-refractivity contribution in [2.24, 2.45) is 0 Å². The largest absolute Gasteiger partial charge is 0.324 e. The summed E-state index contributed by atoms with van der Waals surface area (Å²) in [4.78, 5) is 33.9. The number of hydrogen-bond acceptors (Lipinski definition) is 4. The molecule has 6 nitrogen and oxygen atoms in total. The van der Waals surface area contributed by atoms with Crippen LogP contribution in [0.4, 0.5) is 5.69 Å². The van der Waals surface area contributed by atoms with Gasteiger partial charge in [0.2, 0.25) is 5.91 Å². The monoisotopic (exact) mass is 412 g/mol. The Balaban J connectivity index is 1.62. The maximum atomic E-state index is 12.8. The third-order valence-electron chi connectivity index (χ3n) is 4.55. The Kier molecular flexibility index (Phi) is 4.55. The molecular formula is C19H17BrN4O2. The summed E-state index contributed by atoms with van der Waals surface area (Å²) < 4.78 is 2.11. The van der Waals surface area contributed by atoms with Crippen LogP contribution in [0.3, 0.4) is 0 Å². The molecule has 1 aromatic carbocycles. The van der Waals surface area contributed by atoms with E-state index in [1.807, 2.05) is 24.3 Å². The number of aryl methyl sites for hydroxylation is 2. The molecule has 1 aliphatic rings. The zero-order valence-electron chi connectivity index (χ0n) is 14.0. The van der Waals surface area contributed by atoms with Crippen molar-refractivity contribution in [3.05, 3.63) is 62.7 Å². The first-order chi connectivity index (χ1) is 12.6. The molecule has 0 fully saturated rings. The fourth-order valence-corrected chi connectivity index (χ4v) is 3.61. The van der Waals surface area contributed by atoms with Crippen LogP contribution >= 0.6 is 15.9 Å². The molecule has 132 valence electrons. The van der Waals surface area contributed by atoms with Crippen molar-refractivity contribution in [3.63, 3.8) is 0 Å². The first-order valence-electron chi connectivity index (χ1n) is 8.54. The average Bonchev–Trinajstić information content (AvgIpc) is 2.65. The molecule has 2 aromatic heterocycles. The zero-order chi connectivity index (χ0) is 18.1. The minimum Gasteiger partial charge on any atom is -0.324 e. The maximum absolute atomic E-state index is 12.8. The van der Waals surface area contributed by atoms with Crippen molar-refractivity contribution in [2.75, 3.05) is 5.32 Å². The van der Waals surface area contributed by atoms with E-state index in [4.69, 9.17) is 0 Å². The lowest BCUT2D eigenvalue weighted by Crippen LogP contribution is -2.28. The summed E-state index contributed by atoms with van der Waals surface area (Å²) in [6.07, 6.45) is 5.51. The topological polar surface area (TPSA) is 76.9 Å². The molecule has 1 amide bonds. The summed E-state index contributed by atoms with van der Waals surface area (Å²) in [5.41, 5.74) is 3.05. The lowest BCUT2D eigenvalue weighted by atomic mass is 9.95. The molecular weight excluding hydrogens is 396 g/mol. The van der Waals surface area contributed by atoms with E-state index in [1.54, 1.807) is 6.07 Å². The third kappa shape index (κ3) is 3.26. The molecule has 0 radical (unpaired) electrons. The Morgan fingerprint density at radius 2 is 2.04 bits per heavy atom. The van der Waals surface area contributed by atoms with Gasteiger partial charge in [-0.1, -0.05) is 12.1 Å². The van der Waals surface area contributed by atoms with Gasteiger partial charge in [0, 0.05) is 10.2 Å². The van der Waals surface area contributed by atoms with Gasteiger partial charge >= 0.3 is 0 Å². The molecule has 0 saturated heterocycles. The fraction of sp³-hybridized carbons (Fsp3) is 0.263. The van der Waals surface area contributed by atoms with Crippen molar-refractivity contribution in [2.45, 2.75) is 32.2 Å². The van der Waals surface area contributed by atoms with E-state index in [2.05, 4.69) is 31.2 Å². The van der Waals surface area contributed by atoms with Crippen molar-refractivity contribution in [1.29, 1.82) is 0 Å². The number of anilines is 1. The highest BCUT2D eigenvalue weighted by Crippen LogP contribution is 2.22. The molecule has 26 heavy (non-hydrogen) atoms. The number of fused-ring (bicyclic) bond motifs is 2. The number of aromatic nitrogens is 3. The Morgan fingerprint density at radius 3 is 2.88 bits per heavy atom. The Hall–Kier alpha value is -2.54. The van der Waals surface area contributed by atoms with Crippen LogP contribution in [0.1, 0.15) is 24.1 Å². The van der Waals surface area contributed by atoms with Crippen LogP contribution in [0.2, 0.25) is 0 Å². The van der Waals surface area contributed by atoms with E-state index >= 15 is 0 Å². The second-order valence-electron chi connectivity index (χ2n) is 6.38. The second-order valence-corrected chi connectivity index (χ2v) is 7.23. The number of amides is 1. The van der Waals surface area contributed by atoms with Gasteiger partial charge < -0.3 is 5.32 Å². The second kappa shape index (κ2) is 6.99. The lowest BCUT2D eigenvalue weighted by Gasteiger charge is -2.15. The van der Waals surface area contributed by atoms with Crippen molar-refractivity contribution in [1.82, 2.24) is 14.5 Å². The summed E-state index contributed by atoms with van der Waals surface area (Å²) >= 11 is 3.39. The van der Waals surface area contributed by atoms with E-state index in [9.17, 15) is 9.59 Å². The number of halogens is 1. The normalized spacial score (nSPS) is 13.4. The van der Waals surface area contributed by atoms with Crippen LogP contribution in [0.15, 0.2) is 45.9 Å². The first kappa shape index (κ1) is 16.9. The number of carbonyl (C=O) groups excluding carboxylic acids is 1. The van der Waals surface area contributed by atoms with E-state index in [1.165, 1.54) is 10.9 Å². The van der Waals surface area contributed by atoms with Crippen LogP contribution < -0.4 is 10.9 Å². The Bertz CT molecular complexity index is 1060. The number of carbonyl (C=O) groups is 1. The third-order valence-corrected chi connectivity index (χ3v) is 5.24. The summed E-state index contributed by atoms with van der Waals surface area (Å²) in [5.74, 6) is -0.286. The molecule has 1 aliphatic carbocycles. The standard InChI is InChI=1S/C19H17BrN4O2/c20-14-6-2-4-8-16(14)22-17(25)10-24-11-21-18-13(19(24)26)9-12-5-1-3-7-15(12)23-18/h2,4,6,8-9,11H,1,3,5,7,10H2,(H,22,25). The van der Waals surface area contributed by atoms with Gasteiger partial charge in [-0.05, 0) is 65.4 Å². The van der Waals surface area contributed by atoms with Gasteiger partial charge in [0.15, 0.2) is 5.65 Å². The number of hydrogen-bond donors (Lipinski definition) is 1. The van der Waals surface area contributed by atoms with Gasteiger partial charge in [-0.25, -0.2) is 9.97 Å². The molecule has 4 rings (SSSR count). The van der Waals surface area contributed by atoms with Crippen LogP contribution in [0.5, 0.6) is 0 Å². The van der Waals surface area contributed by atoms with Crippen LogP contribution in [0, 0.1) is 0 Å². The Morgan fingerprint density at radius 1 is 1.23 bits per heavy atom. The zero-order valence-corrected chi connectivity index (χ0v) is 15.6. The average molecular weight is 413 g/mol. The van der Waals surface area contributed by atoms with Crippen molar-refractivity contribution >= 4 is 38.6 Å². The minimum atomic E-state index is -0.286. The van der Waals surface area contributed by atoms with E-state index < -0.39 is 0 Å². The van der Waals surface area contributed by atoms with Gasteiger partial charge in [-0.2, -0.15) is 0 Å². The summed E-state index contributed by atoms with van der Waals surface area (Å²) in [5, 5.41) is 3.27. The molecule has 0 aliphatic heterocycles. The van der Waals surface area contributed by atoms with Gasteiger partial charge in [0.25, 0.3) is 5.56 Å². The van der Waals surface area contributed by atoms with Crippen molar-refractivity contribution in [3.8, 4) is 0 Å². The molecule has 7 heteroatoms. The summed E-state index contributed by atoms with van der Waals surface area (Å²) in [7, 11) is 0. The highest BCUT2D eigenvalue weighted by Gasteiger charge is 2.15. The van der Waals surface area contributed by atoms with Crippen LogP contribution in [0.25, 0.3) is 11.0 Å². The van der Waals surface area contributed by atoms with Crippen LogP contribution in [-0.2, 0) is 24.2 Å². The van der Waals surface area contributed by atoms with Gasteiger partial charge in [0.05, 0.1) is 11.1 Å². The number of para-hydroxylation sites is 1. The number of benzene rings is 1. The first-order valence-corrected chi connectivity index (χ1v) is 9.33. The molecule has 0 spiro atoms. The minimum absolute atomic E-state index is 0.0970. The molecule has 3 aromatic rings. The summed E-state index contributed by atoms with van der Waals surface area (Å²) in [6.45, 7) is -0.0970. The molecule has 0 bridgehead atoms. The molecule has 2 heterocycles. The predicted molar refractivity (Wildman–Crippen MR) is 103 cm³/mol. The molecule has 0 saturated carbocycles. The van der Waals surface area contributed by atoms with Gasteiger partial charge in [-0.3, -0.25) is 14.2 Å².